The number of likely N-dealkylation sites (tertiary alicyclic amines) is 1. The first-order valence-electron chi connectivity index (χ1n) is 11.8. The Bertz CT molecular complexity index is 942. The molecule has 1 amide bonds. The lowest BCUT2D eigenvalue weighted by molar-refractivity contribution is 0.0980. The van der Waals surface area contributed by atoms with Crippen LogP contribution in [0.15, 0.2) is 42.5 Å². The van der Waals surface area contributed by atoms with Crippen LogP contribution in [0.5, 0.6) is 5.75 Å². The Hall–Kier alpha value is -2.53. The van der Waals surface area contributed by atoms with Gasteiger partial charge in [0.15, 0.2) is 0 Å². The van der Waals surface area contributed by atoms with Crippen molar-refractivity contribution in [3.63, 3.8) is 0 Å². The van der Waals surface area contributed by atoms with Gasteiger partial charge in [-0.05, 0) is 80.3 Å². The molecule has 2 aromatic carbocycles. The summed E-state index contributed by atoms with van der Waals surface area (Å²) in [5, 5.41) is 0. The molecule has 0 spiro atoms. The third-order valence-corrected chi connectivity index (χ3v) is 7.15. The van der Waals surface area contributed by atoms with Gasteiger partial charge in [0, 0.05) is 49.2 Å². The van der Waals surface area contributed by atoms with Crippen LogP contribution in [-0.2, 0) is 6.42 Å². The van der Waals surface area contributed by atoms with Gasteiger partial charge in [-0.15, -0.1) is 0 Å². The summed E-state index contributed by atoms with van der Waals surface area (Å²) in [5.74, 6) is 1.76. The van der Waals surface area contributed by atoms with E-state index in [0.29, 0.717) is 12.6 Å². The normalized spacial score (nSPS) is 23.2. The minimum Gasteiger partial charge on any atom is -0.494 e. The van der Waals surface area contributed by atoms with Crippen LogP contribution < -0.4 is 14.5 Å². The number of ether oxygens (including phenoxy) is 1. The quantitative estimate of drug-likeness (QED) is 0.657. The van der Waals surface area contributed by atoms with Gasteiger partial charge in [-0.3, -0.25) is 4.79 Å². The molecule has 31 heavy (non-hydrogen) atoms. The van der Waals surface area contributed by atoms with Crippen molar-refractivity contribution in [2.24, 2.45) is 5.92 Å². The molecule has 2 atom stereocenters. The highest BCUT2D eigenvalue weighted by Crippen LogP contribution is 2.35. The number of hydrogen-bond donors (Lipinski definition) is 0. The molecular weight excluding hydrogens is 386 g/mol. The minimum absolute atomic E-state index is 0.0905. The molecule has 5 nitrogen and oxygen atoms in total. The lowest BCUT2D eigenvalue weighted by Gasteiger charge is -2.30. The molecule has 0 aliphatic carbocycles. The van der Waals surface area contributed by atoms with Crippen molar-refractivity contribution in [1.29, 1.82) is 0 Å². The standard InChI is InChI=1S/C26H33N3O2/c1-3-4-15-31-23-9-10-24-19(16-23)11-14-29(26(24)30)22-7-5-21(6-8-22)28-13-12-20-17-27(2)18-25(20)28/h5-10,16,20,25H,3-4,11-15,17-18H2,1-2H3/t20-,25+/m0/s1. The van der Waals surface area contributed by atoms with Crippen molar-refractivity contribution in [2.45, 2.75) is 38.6 Å². The number of hydrogen-bond acceptors (Lipinski definition) is 4. The molecule has 3 heterocycles. The van der Waals surface area contributed by atoms with Gasteiger partial charge < -0.3 is 19.4 Å². The zero-order valence-electron chi connectivity index (χ0n) is 18.7. The van der Waals surface area contributed by atoms with E-state index in [1.807, 2.05) is 23.1 Å². The summed E-state index contributed by atoms with van der Waals surface area (Å²) in [5.41, 5.74) is 4.17. The van der Waals surface area contributed by atoms with Crippen LogP contribution >= 0.6 is 0 Å². The molecule has 5 heteroatoms. The number of nitrogens with zero attached hydrogens (tertiary/aromatic N) is 3. The second-order valence-electron chi connectivity index (χ2n) is 9.27. The summed E-state index contributed by atoms with van der Waals surface area (Å²) in [6, 6.07) is 15.2. The monoisotopic (exact) mass is 419 g/mol. The van der Waals surface area contributed by atoms with E-state index >= 15 is 0 Å². The minimum atomic E-state index is 0.0905. The number of anilines is 2. The van der Waals surface area contributed by atoms with E-state index in [9.17, 15) is 4.79 Å². The highest BCUT2D eigenvalue weighted by molar-refractivity contribution is 6.08. The molecule has 5 rings (SSSR count). The maximum atomic E-state index is 13.2. The molecule has 2 aromatic rings. The summed E-state index contributed by atoms with van der Waals surface area (Å²) < 4.78 is 5.83. The van der Waals surface area contributed by atoms with Crippen LogP contribution in [0.1, 0.15) is 42.1 Å². The van der Waals surface area contributed by atoms with E-state index in [2.05, 4.69) is 48.0 Å². The van der Waals surface area contributed by atoms with Gasteiger partial charge >= 0.3 is 0 Å². The summed E-state index contributed by atoms with van der Waals surface area (Å²) >= 11 is 0. The Morgan fingerprint density at radius 3 is 2.65 bits per heavy atom. The Balaban J connectivity index is 1.29. The van der Waals surface area contributed by atoms with E-state index < -0.39 is 0 Å². The number of benzene rings is 2. The molecule has 0 bridgehead atoms. The van der Waals surface area contributed by atoms with Crippen molar-refractivity contribution in [2.75, 3.05) is 49.6 Å². The zero-order chi connectivity index (χ0) is 21.4. The zero-order valence-corrected chi connectivity index (χ0v) is 18.7. The molecule has 3 aliphatic rings. The number of amides is 1. The van der Waals surface area contributed by atoms with Crippen LogP contribution in [0.4, 0.5) is 11.4 Å². The van der Waals surface area contributed by atoms with Crippen LogP contribution in [0.3, 0.4) is 0 Å². The van der Waals surface area contributed by atoms with E-state index in [-0.39, 0.29) is 5.91 Å². The fourth-order valence-electron chi connectivity index (χ4n) is 5.45. The molecule has 0 radical (unpaired) electrons. The van der Waals surface area contributed by atoms with Crippen molar-refractivity contribution >= 4 is 17.3 Å². The SMILES string of the molecule is CCCCOc1ccc2c(c1)CCN(c1ccc(N3CC[C@H]4CN(C)C[C@H]43)cc1)C2=O. The number of carbonyl (C=O) groups excluding carboxylic acids is 1. The maximum Gasteiger partial charge on any atom is 0.258 e. The molecule has 0 aromatic heterocycles. The van der Waals surface area contributed by atoms with Crippen molar-refractivity contribution in [3.8, 4) is 5.75 Å². The maximum absolute atomic E-state index is 13.2. The molecule has 2 fully saturated rings. The lowest BCUT2D eigenvalue weighted by atomic mass is 9.98. The van der Waals surface area contributed by atoms with Gasteiger partial charge in [-0.1, -0.05) is 13.3 Å². The molecule has 164 valence electrons. The van der Waals surface area contributed by atoms with E-state index in [1.54, 1.807) is 0 Å². The van der Waals surface area contributed by atoms with Crippen molar-refractivity contribution in [1.82, 2.24) is 4.90 Å². The largest absolute Gasteiger partial charge is 0.494 e. The van der Waals surface area contributed by atoms with Gasteiger partial charge in [0.25, 0.3) is 5.91 Å². The third kappa shape index (κ3) is 3.91. The van der Waals surface area contributed by atoms with E-state index in [0.717, 1.165) is 67.4 Å². The van der Waals surface area contributed by atoms with Crippen LogP contribution in [0.2, 0.25) is 0 Å². The topological polar surface area (TPSA) is 36.0 Å². The fourth-order valence-corrected chi connectivity index (χ4v) is 5.45. The average molecular weight is 420 g/mol. The smallest absolute Gasteiger partial charge is 0.258 e. The van der Waals surface area contributed by atoms with Crippen LogP contribution in [-0.4, -0.2) is 56.7 Å². The average Bonchev–Trinajstić information content (AvgIpc) is 3.33. The third-order valence-electron chi connectivity index (χ3n) is 7.15. The second kappa shape index (κ2) is 8.54. The Morgan fingerprint density at radius 2 is 1.84 bits per heavy atom. The fraction of sp³-hybridized carbons (Fsp3) is 0.500. The van der Waals surface area contributed by atoms with Crippen LogP contribution in [0.25, 0.3) is 0 Å². The number of likely N-dealkylation sites (N-methyl/N-ethyl adjacent to an activating group) is 1. The first-order valence-corrected chi connectivity index (χ1v) is 11.8. The number of unbranched alkanes of at least 4 members (excludes halogenated alkanes) is 1. The summed E-state index contributed by atoms with van der Waals surface area (Å²) in [7, 11) is 2.22. The summed E-state index contributed by atoms with van der Waals surface area (Å²) in [6.07, 6.45) is 4.31. The molecule has 0 saturated carbocycles. The van der Waals surface area contributed by atoms with E-state index in [4.69, 9.17) is 4.74 Å². The molecular formula is C26H33N3O2. The van der Waals surface area contributed by atoms with Gasteiger partial charge in [0.05, 0.1) is 6.61 Å². The van der Waals surface area contributed by atoms with Gasteiger partial charge in [0.1, 0.15) is 5.75 Å². The van der Waals surface area contributed by atoms with Crippen molar-refractivity contribution in [3.05, 3.63) is 53.6 Å². The summed E-state index contributed by atoms with van der Waals surface area (Å²) in [6.45, 7) is 7.11. The number of rotatable bonds is 6. The Morgan fingerprint density at radius 1 is 1.03 bits per heavy atom. The first kappa shape index (κ1) is 20.4. The molecule has 0 unspecified atom stereocenters. The summed E-state index contributed by atoms with van der Waals surface area (Å²) in [4.78, 5) is 20.1. The van der Waals surface area contributed by atoms with Crippen molar-refractivity contribution < 1.29 is 9.53 Å². The first-order chi connectivity index (χ1) is 15.1. The van der Waals surface area contributed by atoms with Gasteiger partial charge in [-0.2, -0.15) is 0 Å². The number of carbonyl (C=O) groups is 1. The number of fused-ring (bicyclic) bond motifs is 2. The predicted octanol–water partition coefficient (Wildman–Crippen LogP) is 4.21. The molecule has 0 N–H and O–H groups in total. The molecule has 3 aliphatic heterocycles. The van der Waals surface area contributed by atoms with E-state index in [1.165, 1.54) is 18.7 Å². The Kier molecular flexibility index (Phi) is 5.61. The van der Waals surface area contributed by atoms with Gasteiger partial charge in [0.2, 0.25) is 0 Å². The second-order valence-corrected chi connectivity index (χ2v) is 9.27. The lowest BCUT2D eigenvalue weighted by Crippen LogP contribution is -2.37. The van der Waals surface area contributed by atoms with Crippen LogP contribution in [0, 0.1) is 5.92 Å². The highest BCUT2D eigenvalue weighted by Gasteiger charge is 2.40. The Labute approximate surface area is 185 Å². The van der Waals surface area contributed by atoms with Gasteiger partial charge in [-0.25, -0.2) is 0 Å². The molecule has 2 saturated heterocycles. The predicted molar refractivity (Wildman–Crippen MR) is 125 cm³/mol. The highest BCUT2D eigenvalue weighted by atomic mass is 16.5.